The van der Waals surface area contributed by atoms with Crippen LogP contribution in [0.25, 0.3) is 11.1 Å². The Bertz CT molecular complexity index is 903. The average molecular weight is 379 g/mol. The van der Waals surface area contributed by atoms with Crippen LogP contribution in [0, 0.1) is 0 Å². The van der Waals surface area contributed by atoms with Gasteiger partial charge in [0.05, 0.1) is 17.5 Å². The highest BCUT2D eigenvalue weighted by molar-refractivity contribution is 7.99. The fraction of sp³-hybridized carbons (Fsp3) is 0.118. The van der Waals surface area contributed by atoms with Crippen molar-refractivity contribution in [3.05, 3.63) is 59.7 Å². The zero-order valence-corrected chi connectivity index (χ0v) is 14.0. The molecule has 0 saturated heterocycles. The maximum atomic E-state index is 12.5. The number of hydrazone groups is 1. The van der Waals surface area contributed by atoms with Gasteiger partial charge in [-0.3, -0.25) is 4.79 Å². The van der Waals surface area contributed by atoms with Crippen LogP contribution in [0.3, 0.4) is 0 Å². The molecule has 3 aromatic rings. The number of hydrogen-bond acceptors (Lipinski definition) is 5. The average Bonchev–Trinajstić information content (AvgIpc) is 3.03. The number of para-hydroxylation sites is 2. The van der Waals surface area contributed by atoms with Crippen molar-refractivity contribution in [2.75, 3.05) is 5.75 Å². The number of nitrogens with one attached hydrogen (secondary N) is 1. The summed E-state index contributed by atoms with van der Waals surface area (Å²) in [5.74, 6) is -0.350. The summed E-state index contributed by atoms with van der Waals surface area (Å²) in [4.78, 5) is 16.0. The van der Waals surface area contributed by atoms with Gasteiger partial charge in [-0.15, -0.1) is 0 Å². The van der Waals surface area contributed by atoms with Crippen molar-refractivity contribution in [1.82, 2.24) is 10.4 Å². The zero-order chi connectivity index (χ0) is 18.6. The minimum absolute atomic E-state index is 0.0389. The first-order valence-corrected chi connectivity index (χ1v) is 8.38. The third-order valence-electron chi connectivity index (χ3n) is 3.24. The van der Waals surface area contributed by atoms with Crippen LogP contribution in [0.2, 0.25) is 0 Å². The number of carbonyl (C=O) groups is 1. The molecule has 0 spiro atoms. The summed E-state index contributed by atoms with van der Waals surface area (Å²) in [6.07, 6.45) is -3.12. The van der Waals surface area contributed by atoms with Crippen LogP contribution in [0.1, 0.15) is 11.1 Å². The molecule has 9 heteroatoms. The molecule has 0 aliphatic rings. The summed E-state index contributed by atoms with van der Waals surface area (Å²) >= 11 is 1.12. The molecule has 0 saturated carbocycles. The molecule has 0 fully saturated rings. The molecule has 5 nitrogen and oxygen atoms in total. The second-order valence-electron chi connectivity index (χ2n) is 5.15. The van der Waals surface area contributed by atoms with Gasteiger partial charge in [0.2, 0.25) is 0 Å². The third kappa shape index (κ3) is 4.63. The molecular weight excluding hydrogens is 367 g/mol. The molecule has 0 aliphatic carbocycles. The fourth-order valence-corrected chi connectivity index (χ4v) is 2.64. The number of halogens is 3. The van der Waals surface area contributed by atoms with Gasteiger partial charge in [-0.05, 0) is 29.8 Å². The molecule has 3 rings (SSSR count). The number of thioether (sulfide) groups is 1. The molecule has 26 heavy (non-hydrogen) atoms. The number of oxazole rings is 1. The Morgan fingerprint density at radius 3 is 2.62 bits per heavy atom. The van der Waals surface area contributed by atoms with E-state index in [0.717, 1.165) is 23.9 Å². The minimum atomic E-state index is -4.38. The zero-order valence-electron chi connectivity index (χ0n) is 13.2. The van der Waals surface area contributed by atoms with Crippen molar-refractivity contribution >= 4 is 35.0 Å². The summed E-state index contributed by atoms with van der Waals surface area (Å²) in [6, 6.07) is 11.7. The molecule has 134 valence electrons. The van der Waals surface area contributed by atoms with E-state index in [1.54, 1.807) is 12.1 Å². The van der Waals surface area contributed by atoms with Crippen molar-refractivity contribution in [3.8, 4) is 0 Å². The van der Waals surface area contributed by atoms with Crippen molar-refractivity contribution in [2.45, 2.75) is 11.4 Å². The van der Waals surface area contributed by atoms with Crippen molar-refractivity contribution in [1.29, 1.82) is 0 Å². The van der Waals surface area contributed by atoms with E-state index in [2.05, 4.69) is 15.5 Å². The lowest BCUT2D eigenvalue weighted by Gasteiger charge is -2.05. The predicted molar refractivity (Wildman–Crippen MR) is 91.9 cm³/mol. The van der Waals surface area contributed by atoms with Crippen molar-refractivity contribution < 1.29 is 22.4 Å². The number of rotatable bonds is 5. The molecule has 0 atom stereocenters. The summed E-state index contributed by atoms with van der Waals surface area (Å²) < 4.78 is 42.9. The lowest BCUT2D eigenvalue weighted by atomic mass is 10.1. The SMILES string of the molecule is O=C(CSc1nc2ccccc2o1)N/N=C/c1ccc(C(F)(F)F)cc1. The van der Waals surface area contributed by atoms with Crippen LogP contribution in [-0.4, -0.2) is 22.9 Å². The standard InChI is InChI=1S/C17H12F3N3O2S/c18-17(19,20)12-7-5-11(6-8-12)9-21-23-15(24)10-26-16-22-13-3-1-2-4-14(13)25-16/h1-9H,10H2,(H,23,24)/b21-9+. The van der Waals surface area contributed by atoms with Crippen LogP contribution in [0.5, 0.6) is 0 Å². The van der Waals surface area contributed by atoms with Crippen LogP contribution >= 0.6 is 11.8 Å². The first kappa shape index (κ1) is 18.0. The Hall–Kier alpha value is -2.81. The molecule has 1 amide bonds. The van der Waals surface area contributed by atoms with E-state index < -0.39 is 11.7 Å². The Balaban J connectivity index is 1.49. The topological polar surface area (TPSA) is 67.5 Å². The van der Waals surface area contributed by atoms with E-state index in [4.69, 9.17) is 4.42 Å². The van der Waals surface area contributed by atoms with Gasteiger partial charge in [-0.1, -0.05) is 36.0 Å². The molecule has 1 aromatic heterocycles. The monoisotopic (exact) mass is 379 g/mol. The van der Waals surface area contributed by atoms with Gasteiger partial charge >= 0.3 is 6.18 Å². The van der Waals surface area contributed by atoms with Gasteiger partial charge < -0.3 is 4.42 Å². The largest absolute Gasteiger partial charge is 0.431 e. The maximum absolute atomic E-state index is 12.5. The second kappa shape index (κ2) is 7.61. The highest BCUT2D eigenvalue weighted by atomic mass is 32.2. The Kier molecular flexibility index (Phi) is 5.27. The smallest absolute Gasteiger partial charge is 0.416 e. The highest BCUT2D eigenvalue weighted by Gasteiger charge is 2.29. The quantitative estimate of drug-likeness (QED) is 0.412. The summed E-state index contributed by atoms with van der Waals surface area (Å²) in [5.41, 5.74) is 3.33. The van der Waals surface area contributed by atoms with Gasteiger partial charge in [-0.2, -0.15) is 18.3 Å². The fourth-order valence-electron chi connectivity index (χ4n) is 2.01. The lowest BCUT2D eigenvalue weighted by molar-refractivity contribution is -0.137. The van der Waals surface area contributed by atoms with Crippen molar-refractivity contribution in [3.63, 3.8) is 0 Å². The van der Waals surface area contributed by atoms with E-state index >= 15 is 0 Å². The second-order valence-corrected chi connectivity index (χ2v) is 6.08. The van der Waals surface area contributed by atoms with Gasteiger partial charge in [0, 0.05) is 0 Å². The minimum Gasteiger partial charge on any atom is -0.431 e. The van der Waals surface area contributed by atoms with Crippen molar-refractivity contribution in [2.24, 2.45) is 5.10 Å². The normalized spacial score (nSPS) is 12.0. The molecule has 0 bridgehead atoms. The van der Waals surface area contributed by atoms with Crippen LogP contribution in [0.15, 0.2) is 63.3 Å². The molecule has 2 aromatic carbocycles. The Morgan fingerprint density at radius 1 is 1.19 bits per heavy atom. The molecule has 0 radical (unpaired) electrons. The molecular formula is C17H12F3N3O2S. The number of alkyl halides is 3. The Labute approximate surface area is 150 Å². The van der Waals surface area contributed by atoms with E-state index in [9.17, 15) is 18.0 Å². The number of benzene rings is 2. The van der Waals surface area contributed by atoms with Gasteiger partial charge in [-0.25, -0.2) is 10.4 Å². The first-order valence-electron chi connectivity index (χ1n) is 7.39. The lowest BCUT2D eigenvalue weighted by Crippen LogP contribution is -2.19. The number of hydrogen-bond donors (Lipinski definition) is 1. The van der Waals surface area contributed by atoms with E-state index in [1.807, 2.05) is 12.1 Å². The van der Waals surface area contributed by atoms with E-state index in [0.29, 0.717) is 21.9 Å². The predicted octanol–water partition coefficient (Wildman–Crippen LogP) is 4.09. The first-order chi connectivity index (χ1) is 12.4. The van der Waals surface area contributed by atoms with E-state index in [-0.39, 0.29) is 11.7 Å². The van der Waals surface area contributed by atoms with Gasteiger partial charge in [0.25, 0.3) is 11.1 Å². The highest BCUT2D eigenvalue weighted by Crippen LogP contribution is 2.28. The number of fused-ring (bicyclic) bond motifs is 1. The van der Waals surface area contributed by atoms with Gasteiger partial charge in [0.15, 0.2) is 5.58 Å². The Morgan fingerprint density at radius 2 is 1.92 bits per heavy atom. The summed E-state index contributed by atoms with van der Waals surface area (Å²) in [6.45, 7) is 0. The number of amides is 1. The summed E-state index contributed by atoms with van der Waals surface area (Å²) in [5, 5.41) is 4.09. The number of carbonyl (C=O) groups excluding carboxylic acids is 1. The molecule has 1 N–H and O–H groups in total. The molecule has 1 heterocycles. The van der Waals surface area contributed by atoms with Crippen LogP contribution in [0.4, 0.5) is 13.2 Å². The van der Waals surface area contributed by atoms with Crippen LogP contribution in [-0.2, 0) is 11.0 Å². The molecule has 0 aliphatic heterocycles. The van der Waals surface area contributed by atoms with Gasteiger partial charge in [0.1, 0.15) is 5.52 Å². The number of nitrogens with zero attached hydrogens (tertiary/aromatic N) is 2. The van der Waals surface area contributed by atoms with Crippen LogP contribution < -0.4 is 5.43 Å². The molecule has 0 unspecified atom stereocenters. The van der Waals surface area contributed by atoms with E-state index in [1.165, 1.54) is 18.3 Å². The maximum Gasteiger partial charge on any atom is 0.416 e. The third-order valence-corrected chi connectivity index (χ3v) is 4.07. The summed E-state index contributed by atoms with van der Waals surface area (Å²) in [7, 11) is 0. The number of aromatic nitrogens is 1.